The zero-order chi connectivity index (χ0) is 24.1. The van der Waals surface area contributed by atoms with Crippen molar-refractivity contribution in [2.24, 2.45) is 0 Å². The summed E-state index contributed by atoms with van der Waals surface area (Å²) in [5, 5.41) is 4.23. The van der Waals surface area contributed by atoms with Crippen LogP contribution in [0.15, 0.2) is 54.9 Å². The van der Waals surface area contributed by atoms with Gasteiger partial charge in [-0.3, -0.25) is 0 Å². The average Bonchev–Trinajstić information content (AvgIpc) is 3.19. The molecule has 0 aliphatic rings. The van der Waals surface area contributed by atoms with Crippen molar-refractivity contribution in [3.8, 4) is 11.1 Å². The number of halogens is 1. The minimum absolute atomic E-state index is 0.276. The number of ether oxygens (including phenoxy) is 1. The fourth-order valence-electron chi connectivity index (χ4n) is 3.82. The SMILES string of the molecule is CCN(CC)CCOC(=O)c1ccc(Nc2ncnc3sc(C)c(-c4ccc(F)cc4)c23)cc1. The van der Waals surface area contributed by atoms with Crippen molar-refractivity contribution in [3.63, 3.8) is 0 Å². The number of esters is 1. The minimum atomic E-state index is -0.338. The summed E-state index contributed by atoms with van der Waals surface area (Å²) in [4.78, 5) is 25.4. The van der Waals surface area contributed by atoms with E-state index in [9.17, 15) is 9.18 Å². The molecule has 0 aliphatic carbocycles. The molecule has 34 heavy (non-hydrogen) atoms. The van der Waals surface area contributed by atoms with Gasteiger partial charge >= 0.3 is 5.97 Å². The molecule has 2 aromatic heterocycles. The van der Waals surface area contributed by atoms with Crippen LogP contribution in [0.4, 0.5) is 15.9 Å². The predicted molar refractivity (Wildman–Crippen MR) is 135 cm³/mol. The Labute approximate surface area is 202 Å². The molecule has 4 rings (SSSR count). The molecule has 4 aromatic rings. The highest BCUT2D eigenvalue weighted by atomic mass is 32.1. The third kappa shape index (κ3) is 5.24. The van der Waals surface area contributed by atoms with E-state index in [4.69, 9.17) is 4.74 Å². The van der Waals surface area contributed by atoms with Gasteiger partial charge in [0.1, 0.15) is 29.4 Å². The smallest absolute Gasteiger partial charge is 0.338 e. The quantitative estimate of drug-likeness (QED) is 0.296. The fourth-order valence-corrected chi connectivity index (χ4v) is 4.83. The van der Waals surface area contributed by atoms with Gasteiger partial charge in [-0.15, -0.1) is 11.3 Å². The Morgan fingerprint density at radius 2 is 1.76 bits per heavy atom. The van der Waals surface area contributed by atoms with E-state index in [1.54, 1.807) is 35.6 Å². The van der Waals surface area contributed by atoms with Gasteiger partial charge in [-0.05, 0) is 62.0 Å². The molecule has 0 bridgehead atoms. The van der Waals surface area contributed by atoms with Gasteiger partial charge in [0, 0.05) is 22.7 Å². The number of aromatic nitrogens is 2. The molecule has 0 unspecified atom stereocenters. The molecule has 176 valence electrons. The highest BCUT2D eigenvalue weighted by Crippen LogP contribution is 2.41. The second-order valence-corrected chi connectivity index (χ2v) is 9.01. The summed E-state index contributed by atoms with van der Waals surface area (Å²) in [6.45, 7) is 9.14. The molecule has 0 saturated carbocycles. The van der Waals surface area contributed by atoms with Gasteiger partial charge in [0.05, 0.1) is 10.9 Å². The molecule has 1 N–H and O–H groups in total. The largest absolute Gasteiger partial charge is 0.461 e. The van der Waals surface area contributed by atoms with Crippen molar-refractivity contribution in [1.82, 2.24) is 14.9 Å². The molecule has 0 amide bonds. The first-order valence-electron chi connectivity index (χ1n) is 11.3. The number of rotatable bonds is 9. The monoisotopic (exact) mass is 478 g/mol. The van der Waals surface area contributed by atoms with Gasteiger partial charge in [-0.25, -0.2) is 19.2 Å². The van der Waals surface area contributed by atoms with Crippen LogP contribution in [0.5, 0.6) is 0 Å². The third-order valence-corrected chi connectivity index (χ3v) is 6.73. The number of carbonyl (C=O) groups is 1. The third-order valence-electron chi connectivity index (χ3n) is 5.72. The van der Waals surface area contributed by atoms with Gasteiger partial charge in [0.2, 0.25) is 0 Å². The number of carbonyl (C=O) groups excluding carboxylic acids is 1. The molecular weight excluding hydrogens is 451 g/mol. The van der Waals surface area contributed by atoms with E-state index in [0.29, 0.717) is 18.0 Å². The Balaban J connectivity index is 1.53. The molecule has 0 aliphatic heterocycles. The Bertz CT molecular complexity index is 1270. The number of benzene rings is 2. The van der Waals surface area contributed by atoms with Crippen LogP contribution in [0.2, 0.25) is 0 Å². The van der Waals surface area contributed by atoms with E-state index < -0.39 is 0 Å². The van der Waals surface area contributed by atoms with Crippen LogP contribution in [0.1, 0.15) is 29.1 Å². The number of anilines is 2. The molecule has 0 spiro atoms. The van der Waals surface area contributed by atoms with Crippen LogP contribution in [-0.4, -0.2) is 47.1 Å². The van der Waals surface area contributed by atoms with Crippen molar-refractivity contribution >= 4 is 39.0 Å². The maximum Gasteiger partial charge on any atom is 0.338 e. The molecule has 0 fully saturated rings. The number of nitrogens with zero attached hydrogens (tertiary/aromatic N) is 3. The average molecular weight is 479 g/mol. The van der Waals surface area contributed by atoms with Crippen LogP contribution in [0, 0.1) is 12.7 Å². The minimum Gasteiger partial charge on any atom is -0.461 e. The van der Waals surface area contributed by atoms with Gasteiger partial charge < -0.3 is 15.0 Å². The fraction of sp³-hybridized carbons (Fsp3) is 0.269. The first-order valence-corrected chi connectivity index (χ1v) is 12.1. The molecule has 8 heteroatoms. The maximum absolute atomic E-state index is 13.5. The van der Waals surface area contributed by atoms with Crippen molar-refractivity contribution in [2.75, 3.05) is 31.6 Å². The van der Waals surface area contributed by atoms with E-state index in [1.165, 1.54) is 18.5 Å². The van der Waals surface area contributed by atoms with Crippen LogP contribution >= 0.6 is 11.3 Å². The predicted octanol–water partition coefficient (Wildman–Crippen LogP) is 6.05. The lowest BCUT2D eigenvalue weighted by Gasteiger charge is -2.17. The second kappa shape index (κ2) is 10.7. The Hall–Kier alpha value is -3.36. The van der Waals surface area contributed by atoms with Crippen LogP contribution in [-0.2, 0) is 4.74 Å². The van der Waals surface area contributed by atoms with E-state index in [1.807, 2.05) is 19.1 Å². The van der Waals surface area contributed by atoms with E-state index >= 15 is 0 Å². The van der Waals surface area contributed by atoms with Crippen LogP contribution < -0.4 is 5.32 Å². The highest BCUT2D eigenvalue weighted by molar-refractivity contribution is 7.19. The Kier molecular flexibility index (Phi) is 7.49. The molecule has 6 nitrogen and oxygen atoms in total. The summed E-state index contributed by atoms with van der Waals surface area (Å²) in [7, 11) is 0. The number of nitrogens with one attached hydrogen (secondary N) is 1. The number of hydrogen-bond donors (Lipinski definition) is 1. The zero-order valence-electron chi connectivity index (χ0n) is 19.5. The number of aryl methyl sites for hydroxylation is 1. The number of thiophene rings is 1. The van der Waals surface area contributed by atoms with E-state index in [0.717, 1.165) is 51.5 Å². The number of likely N-dealkylation sites (N-methyl/N-ethyl adjacent to an activating group) is 1. The molecule has 0 radical (unpaired) electrons. The zero-order valence-corrected chi connectivity index (χ0v) is 20.3. The van der Waals surface area contributed by atoms with Crippen molar-refractivity contribution < 1.29 is 13.9 Å². The highest BCUT2D eigenvalue weighted by Gasteiger charge is 2.17. The van der Waals surface area contributed by atoms with E-state index in [2.05, 4.69) is 34.0 Å². The maximum atomic E-state index is 13.5. The lowest BCUT2D eigenvalue weighted by atomic mass is 10.0. The summed E-state index contributed by atoms with van der Waals surface area (Å²) in [6.07, 6.45) is 1.52. The van der Waals surface area contributed by atoms with Gasteiger partial charge in [0.25, 0.3) is 0 Å². The summed E-state index contributed by atoms with van der Waals surface area (Å²) in [5.41, 5.74) is 3.17. The Morgan fingerprint density at radius 1 is 1.06 bits per heavy atom. The topological polar surface area (TPSA) is 67.3 Å². The second-order valence-electron chi connectivity index (χ2n) is 7.81. The number of hydrogen-bond acceptors (Lipinski definition) is 7. The first-order chi connectivity index (χ1) is 16.5. The molecule has 0 atom stereocenters. The standard InChI is InChI=1S/C26H27FN4O2S/c1-4-31(5-2)14-15-33-26(32)19-8-12-21(13-9-19)30-24-23-22(18-6-10-20(27)11-7-18)17(3)34-25(23)29-16-28-24/h6-13,16H,4-5,14-15H2,1-3H3,(H,28,29,30). The van der Waals surface area contributed by atoms with Crippen molar-refractivity contribution in [3.05, 3.63) is 71.1 Å². The van der Waals surface area contributed by atoms with Crippen LogP contribution in [0.25, 0.3) is 21.3 Å². The first kappa shape index (κ1) is 23.8. The molecule has 2 aromatic carbocycles. The Morgan fingerprint density at radius 3 is 2.44 bits per heavy atom. The molecule has 0 saturated heterocycles. The summed E-state index contributed by atoms with van der Waals surface area (Å²) in [6, 6.07) is 13.6. The van der Waals surface area contributed by atoms with E-state index in [-0.39, 0.29) is 11.8 Å². The van der Waals surface area contributed by atoms with Crippen molar-refractivity contribution in [2.45, 2.75) is 20.8 Å². The normalized spacial score (nSPS) is 11.2. The molecular formula is C26H27FN4O2S. The van der Waals surface area contributed by atoms with Gasteiger partial charge in [-0.1, -0.05) is 26.0 Å². The lowest BCUT2D eigenvalue weighted by Crippen LogP contribution is -2.27. The lowest BCUT2D eigenvalue weighted by molar-refractivity contribution is 0.0466. The summed E-state index contributed by atoms with van der Waals surface area (Å²) >= 11 is 1.57. The van der Waals surface area contributed by atoms with Crippen molar-refractivity contribution in [1.29, 1.82) is 0 Å². The van der Waals surface area contributed by atoms with Crippen LogP contribution in [0.3, 0.4) is 0 Å². The number of fused-ring (bicyclic) bond motifs is 1. The van der Waals surface area contributed by atoms with Gasteiger partial charge in [0.15, 0.2) is 0 Å². The molecule has 2 heterocycles. The van der Waals surface area contributed by atoms with Gasteiger partial charge in [-0.2, -0.15) is 0 Å². The summed E-state index contributed by atoms with van der Waals surface area (Å²) < 4.78 is 18.9. The summed E-state index contributed by atoms with van der Waals surface area (Å²) in [5.74, 6) is 0.0422.